The Balaban J connectivity index is 2.35. The number of hydrogen-bond acceptors (Lipinski definition) is 2. The van der Waals surface area contributed by atoms with Gasteiger partial charge in [-0.25, -0.2) is 12.8 Å². The van der Waals surface area contributed by atoms with Crippen molar-refractivity contribution in [2.75, 3.05) is 6.54 Å². The lowest BCUT2D eigenvalue weighted by Gasteiger charge is -2.32. The van der Waals surface area contributed by atoms with Gasteiger partial charge in [0.15, 0.2) is 0 Å². The Morgan fingerprint density at radius 2 is 1.95 bits per heavy atom. The predicted molar refractivity (Wildman–Crippen MR) is 80.5 cm³/mol. The molecular formula is C14H19BrFNO2S. The van der Waals surface area contributed by atoms with Crippen LogP contribution in [0.4, 0.5) is 4.39 Å². The first kappa shape index (κ1) is 15.9. The van der Waals surface area contributed by atoms with E-state index >= 15 is 0 Å². The Morgan fingerprint density at radius 3 is 2.50 bits per heavy atom. The highest BCUT2D eigenvalue weighted by atomic mass is 79.9. The molecule has 0 unspecified atom stereocenters. The second kappa shape index (κ2) is 6.54. The molecule has 0 atom stereocenters. The second-order valence-corrected chi connectivity index (χ2v) is 7.79. The zero-order valence-electron chi connectivity index (χ0n) is 11.5. The van der Waals surface area contributed by atoms with Crippen molar-refractivity contribution in [3.63, 3.8) is 0 Å². The van der Waals surface area contributed by atoms with Gasteiger partial charge in [-0.1, -0.05) is 26.2 Å². The van der Waals surface area contributed by atoms with Crippen LogP contribution < -0.4 is 0 Å². The summed E-state index contributed by atoms with van der Waals surface area (Å²) >= 11 is 3.16. The summed E-state index contributed by atoms with van der Waals surface area (Å²) in [4.78, 5) is 0.145. The van der Waals surface area contributed by atoms with Crippen LogP contribution >= 0.6 is 15.9 Å². The molecule has 20 heavy (non-hydrogen) atoms. The fourth-order valence-corrected chi connectivity index (χ4v) is 5.51. The molecule has 1 aromatic rings. The van der Waals surface area contributed by atoms with Crippen molar-refractivity contribution in [3.05, 3.63) is 28.5 Å². The van der Waals surface area contributed by atoms with Gasteiger partial charge >= 0.3 is 0 Å². The van der Waals surface area contributed by atoms with Gasteiger partial charge in [-0.05, 0) is 47.0 Å². The second-order valence-electron chi connectivity index (χ2n) is 5.07. The Labute approximate surface area is 128 Å². The third kappa shape index (κ3) is 3.23. The van der Waals surface area contributed by atoms with Gasteiger partial charge in [0, 0.05) is 17.1 Å². The van der Waals surface area contributed by atoms with Crippen LogP contribution in [0, 0.1) is 5.82 Å². The van der Waals surface area contributed by atoms with Gasteiger partial charge < -0.3 is 0 Å². The molecule has 0 N–H and O–H groups in total. The highest BCUT2D eigenvalue weighted by molar-refractivity contribution is 9.10. The molecule has 1 fully saturated rings. The van der Waals surface area contributed by atoms with Gasteiger partial charge in [-0.2, -0.15) is 4.31 Å². The largest absolute Gasteiger partial charge is 0.244 e. The van der Waals surface area contributed by atoms with E-state index in [9.17, 15) is 12.8 Å². The summed E-state index contributed by atoms with van der Waals surface area (Å²) < 4.78 is 40.5. The highest BCUT2D eigenvalue weighted by Gasteiger charge is 2.32. The monoisotopic (exact) mass is 363 g/mol. The first-order chi connectivity index (χ1) is 9.46. The van der Waals surface area contributed by atoms with Crippen LogP contribution in [0.15, 0.2) is 27.6 Å². The Kier molecular flexibility index (Phi) is 5.20. The number of hydrogen-bond donors (Lipinski definition) is 0. The van der Waals surface area contributed by atoms with Crippen molar-refractivity contribution in [2.45, 2.75) is 50.0 Å². The zero-order chi connectivity index (χ0) is 14.8. The summed E-state index contributed by atoms with van der Waals surface area (Å²) in [6.07, 6.45) is 5.13. The molecule has 0 heterocycles. The zero-order valence-corrected chi connectivity index (χ0v) is 13.9. The lowest BCUT2D eigenvalue weighted by atomic mass is 9.95. The third-order valence-corrected chi connectivity index (χ3v) is 6.78. The Morgan fingerprint density at radius 1 is 1.30 bits per heavy atom. The van der Waals surface area contributed by atoms with Crippen molar-refractivity contribution in [3.8, 4) is 0 Å². The van der Waals surface area contributed by atoms with Gasteiger partial charge in [0.25, 0.3) is 0 Å². The summed E-state index contributed by atoms with van der Waals surface area (Å²) in [6.45, 7) is 2.29. The molecule has 0 amide bonds. The summed E-state index contributed by atoms with van der Waals surface area (Å²) in [5.41, 5.74) is 0. The van der Waals surface area contributed by atoms with Crippen LogP contribution in [0.2, 0.25) is 0 Å². The third-order valence-electron chi connectivity index (χ3n) is 3.77. The molecule has 112 valence electrons. The van der Waals surface area contributed by atoms with E-state index in [0.717, 1.165) is 25.7 Å². The predicted octanol–water partition coefficient (Wildman–Crippen LogP) is 3.93. The SMILES string of the molecule is CCN(C1CCCCC1)S(=O)(=O)c1ccc(F)cc1Br. The van der Waals surface area contributed by atoms with E-state index in [1.54, 1.807) is 4.31 Å². The molecule has 0 spiro atoms. The Hall–Kier alpha value is -0.460. The van der Waals surface area contributed by atoms with Crippen LogP contribution in [0.3, 0.4) is 0 Å². The summed E-state index contributed by atoms with van der Waals surface area (Å²) in [5, 5.41) is 0. The first-order valence-corrected chi connectivity index (χ1v) is 9.17. The van der Waals surface area contributed by atoms with Crippen molar-refractivity contribution >= 4 is 26.0 Å². The topological polar surface area (TPSA) is 37.4 Å². The smallest absolute Gasteiger partial charge is 0.207 e. The minimum absolute atomic E-state index is 0.0655. The molecule has 3 nitrogen and oxygen atoms in total. The van der Waals surface area contributed by atoms with Crippen LogP contribution in [-0.4, -0.2) is 25.3 Å². The normalized spacial score (nSPS) is 17.6. The van der Waals surface area contributed by atoms with Crippen LogP contribution in [0.1, 0.15) is 39.0 Å². The van der Waals surface area contributed by atoms with E-state index in [-0.39, 0.29) is 15.4 Å². The van der Waals surface area contributed by atoms with Crippen molar-refractivity contribution < 1.29 is 12.8 Å². The van der Waals surface area contributed by atoms with Crippen molar-refractivity contribution in [1.82, 2.24) is 4.31 Å². The molecule has 6 heteroatoms. The van der Waals surface area contributed by atoms with Gasteiger partial charge in [0.2, 0.25) is 10.0 Å². The number of nitrogens with zero attached hydrogens (tertiary/aromatic N) is 1. The quantitative estimate of drug-likeness (QED) is 0.812. The summed E-state index contributed by atoms with van der Waals surface area (Å²) in [7, 11) is -3.58. The minimum Gasteiger partial charge on any atom is -0.207 e. The average Bonchev–Trinajstić information content (AvgIpc) is 2.40. The molecule has 0 bridgehead atoms. The van der Waals surface area contributed by atoms with Gasteiger partial charge in [-0.3, -0.25) is 0 Å². The number of halogens is 2. The maximum atomic E-state index is 13.1. The lowest BCUT2D eigenvalue weighted by molar-refractivity contribution is 0.261. The molecule has 0 saturated heterocycles. The molecular weight excluding hydrogens is 345 g/mol. The number of sulfonamides is 1. The van der Waals surface area contributed by atoms with E-state index in [4.69, 9.17) is 0 Å². The fourth-order valence-electron chi connectivity index (χ4n) is 2.80. The van der Waals surface area contributed by atoms with Crippen molar-refractivity contribution in [1.29, 1.82) is 0 Å². The van der Waals surface area contributed by atoms with E-state index in [1.165, 1.54) is 24.6 Å². The van der Waals surface area contributed by atoms with E-state index in [1.807, 2.05) is 6.92 Å². The van der Waals surface area contributed by atoms with E-state index < -0.39 is 15.8 Å². The average molecular weight is 364 g/mol. The fraction of sp³-hybridized carbons (Fsp3) is 0.571. The lowest BCUT2D eigenvalue weighted by Crippen LogP contribution is -2.41. The maximum absolute atomic E-state index is 13.1. The molecule has 1 aliphatic carbocycles. The maximum Gasteiger partial charge on any atom is 0.244 e. The Bertz CT molecular complexity index is 571. The summed E-state index contributed by atoms with van der Waals surface area (Å²) in [5.74, 6) is -0.448. The van der Waals surface area contributed by atoms with E-state index in [0.29, 0.717) is 6.54 Å². The number of benzene rings is 1. The first-order valence-electron chi connectivity index (χ1n) is 6.93. The number of rotatable bonds is 4. The van der Waals surface area contributed by atoms with Gasteiger partial charge in [0.1, 0.15) is 5.82 Å². The molecule has 2 rings (SSSR count). The molecule has 1 saturated carbocycles. The molecule has 0 aliphatic heterocycles. The highest BCUT2D eigenvalue weighted by Crippen LogP contribution is 2.31. The van der Waals surface area contributed by atoms with Crippen molar-refractivity contribution in [2.24, 2.45) is 0 Å². The van der Waals surface area contributed by atoms with Crippen LogP contribution in [-0.2, 0) is 10.0 Å². The van der Waals surface area contributed by atoms with Gasteiger partial charge in [-0.15, -0.1) is 0 Å². The molecule has 0 radical (unpaired) electrons. The van der Waals surface area contributed by atoms with E-state index in [2.05, 4.69) is 15.9 Å². The molecule has 1 aromatic carbocycles. The van der Waals surface area contributed by atoms with Gasteiger partial charge in [0.05, 0.1) is 4.90 Å². The van der Waals surface area contributed by atoms with Crippen LogP contribution in [0.25, 0.3) is 0 Å². The standard InChI is InChI=1S/C14H19BrFNO2S/c1-2-17(12-6-4-3-5-7-12)20(18,19)14-9-8-11(16)10-13(14)15/h8-10,12H,2-7H2,1H3. The van der Waals surface area contributed by atoms with Crippen LogP contribution in [0.5, 0.6) is 0 Å². The molecule has 1 aliphatic rings. The summed E-state index contributed by atoms with van der Waals surface area (Å²) in [6, 6.07) is 3.78. The molecule has 0 aromatic heterocycles. The minimum atomic E-state index is -3.58.